The quantitative estimate of drug-likeness (QED) is 0.485. The molecule has 4 atom stereocenters. The molecule has 1 aromatic heterocycles. The lowest BCUT2D eigenvalue weighted by Crippen LogP contribution is -2.53. The number of aromatic amines is 1. The van der Waals surface area contributed by atoms with E-state index in [2.05, 4.69) is 0 Å². The van der Waals surface area contributed by atoms with Crippen molar-refractivity contribution in [2.24, 2.45) is 0 Å². The molecule has 2 rings (SSSR count). The Kier molecular flexibility index (Phi) is 4.76. The molecule has 142 valence electrons. The number of hydrogen-bond acceptors (Lipinski definition) is 9. The molecule has 0 radical (unpaired) electrons. The second kappa shape index (κ2) is 6.02. The van der Waals surface area contributed by atoms with Gasteiger partial charge in [-0.05, 0) is 6.92 Å². The van der Waals surface area contributed by atoms with Gasteiger partial charge in [-0.15, -0.1) is 0 Å². The molecule has 1 aliphatic rings. The molecule has 3 N–H and O–H groups in total. The number of sulfone groups is 2. The molecule has 1 aromatic rings. The second-order valence-corrected chi connectivity index (χ2v) is 10.4. The van der Waals surface area contributed by atoms with E-state index >= 15 is 0 Å². The molecule has 0 bridgehead atoms. The number of nitrogens with zero attached hydrogens (tertiary/aromatic N) is 1. The summed E-state index contributed by atoms with van der Waals surface area (Å²) in [5.74, 6) is 0. The van der Waals surface area contributed by atoms with Gasteiger partial charge < -0.3 is 14.9 Å². The van der Waals surface area contributed by atoms with Crippen LogP contribution in [-0.2, 0) is 24.4 Å². The maximum absolute atomic E-state index is 12.0. The largest absolute Gasteiger partial charge is 0.375 e. The van der Waals surface area contributed by atoms with Crippen molar-refractivity contribution in [1.82, 2.24) is 9.55 Å². The van der Waals surface area contributed by atoms with Crippen LogP contribution >= 0.6 is 0 Å². The van der Waals surface area contributed by atoms with Crippen LogP contribution in [0.4, 0.5) is 0 Å². The van der Waals surface area contributed by atoms with Gasteiger partial charge in [0.05, 0.1) is 0 Å². The summed E-state index contributed by atoms with van der Waals surface area (Å²) in [5.41, 5.74) is -3.83. The van der Waals surface area contributed by atoms with Crippen LogP contribution in [0.1, 0.15) is 18.2 Å². The highest BCUT2D eigenvalue weighted by atomic mass is 32.2. The number of aryl methyl sites for hydroxylation is 1. The molecule has 2 heterocycles. The normalized spacial score (nSPS) is 28.8. The van der Waals surface area contributed by atoms with E-state index in [1.54, 1.807) is 0 Å². The molecule has 0 aromatic carbocycles. The Bertz CT molecular complexity index is 1010. The maximum atomic E-state index is 12.0. The monoisotopic (exact) mass is 398 g/mol. The Morgan fingerprint density at radius 3 is 2.36 bits per heavy atom. The zero-order valence-corrected chi connectivity index (χ0v) is 15.2. The van der Waals surface area contributed by atoms with Crippen molar-refractivity contribution in [3.8, 4) is 0 Å². The molecule has 1 fully saturated rings. The summed E-state index contributed by atoms with van der Waals surface area (Å²) in [7, 11) is -8.50. The first-order valence-corrected chi connectivity index (χ1v) is 10.8. The van der Waals surface area contributed by atoms with E-state index < -0.39 is 60.0 Å². The van der Waals surface area contributed by atoms with E-state index in [4.69, 9.17) is 4.74 Å². The van der Waals surface area contributed by atoms with E-state index in [1.165, 1.54) is 6.92 Å². The molecule has 0 aliphatic carbocycles. The fourth-order valence-electron chi connectivity index (χ4n) is 2.53. The summed E-state index contributed by atoms with van der Waals surface area (Å²) < 4.78 is 53.2. The fraction of sp³-hybridized carbons (Fsp3) is 0.667. The lowest BCUT2D eigenvalue weighted by atomic mass is 10.1. The van der Waals surface area contributed by atoms with Crippen molar-refractivity contribution < 1.29 is 31.8 Å². The van der Waals surface area contributed by atoms with Crippen molar-refractivity contribution in [3.05, 3.63) is 32.6 Å². The topological polar surface area (TPSA) is 173 Å². The van der Waals surface area contributed by atoms with Gasteiger partial charge in [-0.2, -0.15) is 0 Å². The van der Waals surface area contributed by atoms with Crippen molar-refractivity contribution in [3.63, 3.8) is 0 Å². The lowest BCUT2D eigenvalue weighted by Gasteiger charge is -2.28. The number of aliphatic hydroxyl groups excluding tert-OH is 1. The summed E-state index contributed by atoms with van der Waals surface area (Å²) in [6.07, 6.45) is -1.78. The average Bonchev–Trinajstić information content (AvgIpc) is 2.79. The number of rotatable bonds is 4. The first kappa shape index (κ1) is 19.8. The number of hydrogen-bond donors (Lipinski definition) is 3. The first-order valence-electron chi connectivity index (χ1n) is 6.95. The van der Waals surface area contributed by atoms with E-state index in [0.717, 1.165) is 10.8 Å². The Hall–Kier alpha value is -1.54. The van der Waals surface area contributed by atoms with Gasteiger partial charge in [0.2, 0.25) is 0 Å². The van der Waals surface area contributed by atoms with Gasteiger partial charge in [0.15, 0.2) is 30.0 Å². The standard InChI is InChI=1S/C12H18N2O9S2/c1-6-5-14(11(17)13-9(6)15)7-4-12(18,25(3,21)22)8(23-7)10(16)24(2,19)20/h5,7-8,10,16,18H,4H2,1-3H3,(H,13,15,17)/t7-,8-,10?,12-/m1/s1. The molecule has 1 unspecified atom stereocenters. The van der Waals surface area contributed by atoms with Crippen LogP contribution in [0.15, 0.2) is 15.8 Å². The molecule has 1 aliphatic heterocycles. The number of aromatic nitrogens is 2. The third-order valence-corrected chi connectivity index (χ3v) is 6.82. The van der Waals surface area contributed by atoms with Crippen LogP contribution in [0.25, 0.3) is 0 Å². The first-order chi connectivity index (χ1) is 11.2. The average molecular weight is 398 g/mol. The van der Waals surface area contributed by atoms with Crippen LogP contribution < -0.4 is 11.2 Å². The molecule has 0 spiro atoms. The Labute approximate surface area is 142 Å². The SMILES string of the molecule is Cc1cn([C@H]2C[C@@](O)(S(C)(=O)=O)[C@@H](C(O)S(C)(=O)=O)O2)c(=O)[nH]c1=O. The third-order valence-electron chi connectivity index (χ3n) is 4.01. The van der Waals surface area contributed by atoms with Crippen LogP contribution in [0.3, 0.4) is 0 Å². The summed E-state index contributed by atoms with van der Waals surface area (Å²) in [6, 6.07) is 0. The number of aliphatic hydroxyl groups is 2. The Morgan fingerprint density at radius 2 is 1.88 bits per heavy atom. The second-order valence-electron chi connectivity index (χ2n) is 6.03. The molecular weight excluding hydrogens is 380 g/mol. The summed E-state index contributed by atoms with van der Waals surface area (Å²) in [5, 5.41) is 20.5. The minimum Gasteiger partial charge on any atom is -0.375 e. The molecule has 25 heavy (non-hydrogen) atoms. The summed E-state index contributed by atoms with van der Waals surface area (Å²) in [4.78, 5) is 22.6. The minimum absolute atomic E-state index is 0.109. The molecule has 1 saturated heterocycles. The highest BCUT2D eigenvalue weighted by Crippen LogP contribution is 2.41. The van der Waals surface area contributed by atoms with Gasteiger partial charge in [-0.3, -0.25) is 14.3 Å². The maximum Gasteiger partial charge on any atom is 0.330 e. The summed E-state index contributed by atoms with van der Waals surface area (Å²) in [6.45, 7) is 1.38. The van der Waals surface area contributed by atoms with E-state index in [9.17, 15) is 36.6 Å². The van der Waals surface area contributed by atoms with Crippen molar-refractivity contribution >= 4 is 19.7 Å². The number of H-pyrrole nitrogens is 1. The predicted octanol–water partition coefficient (Wildman–Crippen LogP) is -2.77. The summed E-state index contributed by atoms with van der Waals surface area (Å²) >= 11 is 0. The van der Waals surface area contributed by atoms with E-state index in [1.807, 2.05) is 4.98 Å². The van der Waals surface area contributed by atoms with Crippen molar-refractivity contribution in [2.75, 3.05) is 12.5 Å². The van der Waals surface area contributed by atoms with Crippen LogP contribution in [0, 0.1) is 6.92 Å². The fourth-order valence-corrected chi connectivity index (χ4v) is 4.41. The zero-order valence-electron chi connectivity index (χ0n) is 13.5. The van der Waals surface area contributed by atoms with Gasteiger partial charge in [-0.25, -0.2) is 21.6 Å². The molecular formula is C12H18N2O9S2. The zero-order chi connectivity index (χ0) is 19.4. The predicted molar refractivity (Wildman–Crippen MR) is 85.2 cm³/mol. The van der Waals surface area contributed by atoms with Crippen LogP contribution in [0.5, 0.6) is 0 Å². The Morgan fingerprint density at radius 1 is 1.32 bits per heavy atom. The minimum atomic E-state index is -4.31. The van der Waals surface area contributed by atoms with Gasteiger partial charge in [-0.1, -0.05) is 0 Å². The highest BCUT2D eigenvalue weighted by molar-refractivity contribution is 7.92. The molecule has 11 nitrogen and oxygen atoms in total. The molecule has 13 heteroatoms. The number of nitrogens with one attached hydrogen (secondary N) is 1. The van der Waals surface area contributed by atoms with E-state index in [0.29, 0.717) is 12.5 Å². The third kappa shape index (κ3) is 3.42. The van der Waals surface area contributed by atoms with Crippen molar-refractivity contribution in [1.29, 1.82) is 0 Å². The van der Waals surface area contributed by atoms with E-state index in [-0.39, 0.29) is 5.56 Å². The van der Waals surface area contributed by atoms with Crippen molar-refractivity contribution in [2.45, 2.75) is 36.0 Å². The van der Waals surface area contributed by atoms with Gasteiger partial charge in [0.25, 0.3) is 5.56 Å². The number of ether oxygens (including phenoxy) is 1. The smallest absolute Gasteiger partial charge is 0.330 e. The van der Waals surface area contributed by atoms with Gasteiger partial charge in [0.1, 0.15) is 12.3 Å². The van der Waals surface area contributed by atoms with Gasteiger partial charge >= 0.3 is 5.69 Å². The molecule has 0 amide bonds. The highest BCUT2D eigenvalue weighted by Gasteiger charge is 2.59. The molecule has 0 saturated carbocycles. The van der Waals surface area contributed by atoms with Gasteiger partial charge in [0, 0.05) is 30.7 Å². The Balaban J connectivity index is 2.59. The van der Waals surface area contributed by atoms with Crippen LogP contribution in [0.2, 0.25) is 0 Å². The van der Waals surface area contributed by atoms with Crippen LogP contribution in [-0.4, -0.2) is 65.6 Å². The lowest BCUT2D eigenvalue weighted by molar-refractivity contribution is -0.0684.